The van der Waals surface area contributed by atoms with Gasteiger partial charge in [0.05, 0.1) is 0 Å². The molecule has 5 heteroatoms. The zero-order valence-electron chi connectivity index (χ0n) is 13.9. The van der Waals surface area contributed by atoms with E-state index in [1.54, 1.807) is 6.04 Å². The molecule has 0 bridgehead atoms. The van der Waals surface area contributed by atoms with Gasteiger partial charge < -0.3 is 0 Å². The van der Waals surface area contributed by atoms with Gasteiger partial charge in [-0.05, 0) is 0 Å². The molecule has 0 aromatic rings. The van der Waals surface area contributed by atoms with Gasteiger partial charge in [-0.3, -0.25) is 0 Å². The number of hydrogen-bond donors (Lipinski definition) is 0. The standard InChI is InChI=1S/C12H34Si5/c1-11-12-17(10)15(6,7)13(2,3)14(4,5)16(17,8)9/h11-12H2,1-10H3. The normalized spacial score (nSPS) is 31.4. The maximum atomic E-state index is 2.87. The van der Waals surface area contributed by atoms with E-state index < -0.39 is 35.5 Å². The maximum absolute atomic E-state index is 2.87. The molecule has 0 N–H and O–H groups in total. The minimum absolute atomic E-state index is 0.902. The zero-order chi connectivity index (χ0) is 13.9. The van der Waals surface area contributed by atoms with E-state index in [1.807, 2.05) is 0 Å². The predicted octanol–water partition coefficient (Wildman–Crippen LogP) is 4.71. The molecule has 0 aromatic heterocycles. The first-order valence-corrected chi connectivity index (χ1v) is 27.0. The zero-order valence-corrected chi connectivity index (χ0v) is 18.9. The molecule has 0 atom stereocenters. The van der Waals surface area contributed by atoms with Gasteiger partial charge in [-0.2, -0.15) is 0 Å². The molecular weight excluding hydrogens is 285 g/mol. The van der Waals surface area contributed by atoms with Gasteiger partial charge in [0.15, 0.2) is 0 Å². The third-order valence-corrected chi connectivity index (χ3v) is 137. The van der Waals surface area contributed by atoms with Crippen LogP contribution in [0.4, 0.5) is 0 Å². The summed E-state index contributed by atoms with van der Waals surface area (Å²) in [4.78, 5) is 0. The van der Waals surface area contributed by atoms with Crippen LogP contribution in [-0.2, 0) is 0 Å². The highest BCUT2D eigenvalue weighted by molar-refractivity contribution is 8.13. The smallest absolute Gasteiger partial charge is 0.0337 e. The summed E-state index contributed by atoms with van der Waals surface area (Å²) in [5, 5.41) is 0. The van der Waals surface area contributed by atoms with Gasteiger partial charge in [-0.25, -0.2) is 0 Å². The van der Waals surface area contributed by atoms with Crippen LogP contribution in [0.1, 0.15) is 13.3 Å². The van der Waals surface area contributed by atoms with Crippen molar-refractivity contribution in [3.8, 4) is 0 Å². The van der Waals surface area contributed by atoms with Crippen LogP contribution in [0.25, 0.3) is 0 Å². The Morgan fingerprint density at radius 1 is 0.529 bits per heavy atom. The summed E-state index contributed by atoms with van der Waals surface area (Å²) in [6, 6.07) is 1.66. The average Bonchev–Trinajstić information content (AvgIpc) is 2.19. The molecule has 1 fully saturated rings. The van der Waals surface area contributed by atoms with Crippen molar-refractivity contribution in [1.29, 1.82) is 0 Å². The maximum Gasteiger partial charge on any atom is 0.0337 e. The van der Waals surface area contributed by atoms with Crippen LogP contribution in [-0.4, -0.2) is 35.5 Å². The molecule has 17 heavy (non-hydrogen) atoms. The second-order valence-electron chi connectivity index (χ2n) is 8.58. The van der Waals surface area contributed by atoms with Gasteiger partial charge >= 0.3 is 0 Å². The summed E-state index contributed by atoms with van der Waals surface area (Å²) in [5.74, 6) is 0. The molecule has 0 nitrogen and oxygen atoms in total. The molecule has 102 valence electrons. The van der Waals surface area contributed by atoms with E-state index in [0.717, 1.165) is 0 Å². The average molecular weight is 319 g/mol. The number of rotatable bonds is 2. The van der Waals surface area contributed by atoms with E-state index >= 15 is 0 Å². The topological polar surface area (TPSA) is 0 Å². The highest BCUT2D eigenvalue weighted by atomic mass is 30.2. The summed E-state index contributed by atoms with van der Waals surface area (Å²) >= 11 is 0. The predicted molar refractivity (Wildman–Crippen MR) is 96.6 cm³/mol. The van der Waals surface area contributed by atoms with E-state index in [2.05, 4.69) is 65.8 Å². The summed E-state index contributed by atoms with van der Waals surface area (Å²) in [6.07, 6.45) is 1.46. The quantitative estimate of drug-likeness (QED) is 0.647. The Kier molecular flexibility index (Phi) is 3.83. The minimum atomic E-state index is -0.912. The summed E-state index contributed by atoms with van der Waals surface area (Å²) in [6.45, 7) is 27.9. The molecule has 0 spiro atoms. The lowest BCUT2D eigenvalue weighted by atomic mass is 10.6. The highest BCUT2D eigenvalue weighted by Crippen LogP contribution is 2.53. The fourth-order valence-corrected chi connectivity index (χ4v) is 211. The van der Waals surface area contributed by atoms with Crippen molar-refractivity contribution >= 4 is 35.5 Å². The summed E-state index contributed by atoms with van der Waals surface area (Å²) < 4.78 is 0. The fourth-order valence-electron chi connectivity index (χ4n) is 4.85. The van der Waals surface area contributed by atoms with Crippen LogP contribution in [0.3, 0.4) is 0 Å². The van der Waals surface area contributed by atoms with Crippen molar-refractivity contribution in [2.24, 2.45) is 0 Å². The van der Waals surface area contributed by atoms with Crippen molar-refractivity contribution in [2.75, 3.05) is 0 Å². The lowest BCUT2D eigenvalue weighted by Gasteiger charge is -2.46. The first-order valence-electron chi connectivity index (χ1n) is 7.31. The molecule has 1 rings (SSSR count). The Hall–Kier alpha value is 1.08. The van der Waals surface area contributed by atoms with Crippen LogP contribution in [0, 0.1) is 0 Å². The minimum Gasteiger partial charge on any atom is -0.0735 e. The van der Waals surface area contributed by atoms with E-state index in [0.29, 0.717) is 0 Å². The van der Waals surface area contributed by atoms with Crippen LogP contribution in [0.5, 0.6) is 0 Å². The highest BCUT2D eigenvalue weighted by Gasteiger charge is 2.76. The first-order chi connectivity index (χ1) is 7.31. The van der Waals surface area contributed by atoms with Crippen molar-refractivity contribution in [2.45, 2.75) is 78.3 Å². The van der Waals surface area contributed by atoms with Crippen LogP contribution >= 0.6 is 0 Å². The Balaban J connectivity index is 3.53. The molecule has 1 aliphatic rings. The lowest BCUT2D eigenvalue weighted by Crippen LogP contribution is -2.70. The Bertz CT molecular complexity index is 291. The molecule has 1 saturated heterocycles. The SMILES string of the molecule is CCC[Si]1(C)[Si](C)(C)[Si](C)(C)[Si](C)(C)[Si]1(C)C. The van der Waals surface area contributed by atoms with Crippen molar-refractivity contribution in [1.82, 2.24) is 0 Å². The molecule has 0 unspecified atom stereocenters. The summed E-state index contributed by atoms with van der Waals surface area (Å²) in [5.41, 5.74) is 0. The molecule has 0 amide bonds. The van der Waals surface area contributed by atoms with Gasteiger partial charge in [0.2, 0.25) is 0 Å². The molecule has 1 aliphatic heterocycles. The van der Waals surface area contributed by atoms with Crippen LogP contribution in [0.15, 0.2) is 0 Å². The third kappa shape index (κ3) is 1.55. The van der Waals surface area contributed by atoms with E-state index in [-0.39, 0.29) is 0 Å². The molecular formula is C12H34Si5. The Labute approximate surface area is 114 Å². The fraction of sp³-hybridized carbons (Fsp3) is 1.00. The van der Waals surface area contributed by atoms with Gasteiger partial charge in [0.1, 0.15) is 0 Å². The van der Waals surface area contributed by atoms with Crippen molar-refractivity contribution in [3.63, 3.8) is 0 Å². The van der Waals surface area contributed by atoms with Gasteiger partial charge in [-0.15, -0.1) is 0 Å². The van der Waals surface area contributed by atoms with Crippen LogP contribution in [0.2, 0.25) is 65.0 Å². The van der Waals surface area contributed by atoms with Crippen LogP contribution < -0.4 is 0 Å². The molecule has 1 heterocycles. The van der Waals surface area contributed by atoms with Crippen molar-refractivity contribution < 1.29 is 0 Å². The molecule has 0 radical (unpaired) electrons. The Morgan fingerprint density at radius 3 is 1.06 bits per heavy atom. The molecule has 0 aliphatic carbocycles. The largest absolute Gasteiger partial charge is 0.0735 e. The third-order valence-electron chi connectivity index (χ3n) is 8.20. The molecule has 0 saturated carbocycles. The lowest BCUT2D eigenvalue weighted by molar-refractivity contribution is 1.06. The first kappa shape index (κ1) is 16.1. The Morgan fingerprint density at radius 2 is 0.824 bits per heavy atom. The van der Waals surface area contributed by atoms with E-state index in [4.69, 9.17) is 0 Å². The number of hydrogen-bond acceptors (Lipinski definition) is 0. The second kappa shape index (κ2) is 4.04. The van der Waals surface area contributed by atoms with Crippen molar-refractivity contribution in [3.05, 3.63) is 0 Å². The van der Waals surface area contributed by atoms with Gasteiger partial charge in [-0.1, -0.05) is 78.3 Å². The van der Waals surface area contributed by atoms with E-state index in [9.17, 15) is 0 Å². The van der Waals surface area contributed by atoms with Gasteiger partial charge in [0, 0.05) is 35.5 Å². The second-order valence-corrected chi connectivity index (χ2v) is 68.9. The van der Waals surface area contributed by atoms with Gasteiger partial charge in [0.25, 0.3) is 0 Å². The summed E-state index contributed by atoms with van der Waals surface area (Å²) in [7, 11) is -4.54. The molecule has 0 aromatic carbocycles. The monoisotopic (exact) mass is 318 g/mol. The van der Waals surface area contributed by atoms with E-state index in [1.165, 1.54) is 6.42 Å².